The molecule has 0 atom stereocenters. The van der Waals surface area contributed by atoms with Crippen LogP contribution in [-0.2, 0) is 0 Å². The van der Waals surface area contributed by atoms with Crippen molar-refractivity contribution in [3.63, 3.8) is 0 Å². The minimum atomic E-state index is 0.00624. The third-order valence-electron chi connectivity index (χ3n) is 3.17. The van der Waals surface area contributed by atoms with Gasteiger partial charge in [-0.05, 0) is 35.3 Å². The highest BCUT2D eigenvalue weighted by Crippen LogP contribution is 2.38. The van der Waals surface area contributed by atoms with Gasteiger partial charge in [-0.15, -0.1) is 0 Å². The predicted octanol–water partition coefficient (Wildman–Crippen LogP) is 3.60. The van der Waals surface area contributed by atoms with Gasteiger partial charge in [-0.1, -0.05) is 18.2 Å². The topological polar surface area (TPSA) is 57.2 Å². The molecule has 0 aliphatic carbocycles. The van der Waals surface area contributed by atoms with Crippen molar-refractivity contribution in [2.75, 3.05) is 28.4 Å². The van der Waals surface area contributed by atoms with E-state index in [2.05, 4.69) is 0 Å². The first-order valence-corrected chi connectivity index (χ1v) is 6.82. The maximum absolute atomic E-state index is 9.84. The molecule has 0 heterocycles. The van der Waals surface area contributed by atoms with Crippen LogP contribution in [0.15, 0.2) is 30.3 Å². The molecule has 0 aromatic heterocycles. The zero-order chi connectivity index (χ0) is 18.6. The molecule has 0 aliphatic heterocycles. The van der Waals surface area contributed by atoms with E-state index < -0.39 is 0 Å². The first kappa shape index (κ1) is 13.8. The molecule has 0 amide bonds. The molecule has 2 aromatic carbocycles. The third kappa shape index (κ3) is 3.69. The number of aromatic hydroxyl groups is 1. The van der Waals surface area contributed by atoms with Crippen molar-refractivity contribution in [3.05, 3.63) is 41.4 Å². The van der Waals surface area contributed by atoms with E-state index in [1.165, 1.54) is 34.5 Å². The summed E-state index contributed by atoms with van der Waals surface area (Å²) in [4.78, 5) is 0. The van der Waals surface area contributed by atoms with Crippen LogP contribution < -0.4 is 18.9 Å². The predicted molar refractivity (Wildman–Crippen MR) is 89.7 cm³/mol. The number of benzene rings is 2. The second-order valence-corrected chi connectivity index (χ2v) is 4.53. The zero-order valence-corrected chi connectivity index (χ0v) is 13.5. The third-order valence-corrected chi connectivity index (χ3v) is 3.17. The summed E-state index contributed by atoms with van der Waals surface area (Å²) in [7, 11) is 5.75. The average molecular weight is 318 g/mol. The summed E-state index contributed by atoms with van der Waals surface area (Å²) in [5.41, 5.74) is 0.996. The number of hydrogen-bond donors (Lipinski definition) is 1. The number of hydrogen-bond acceptors (Lipinski definition) is 5. The lowest BCUT2D eigenvalue weighted by Crippen LogP contribution is -1.95. The number of rotatable bonds is 6. The Bertz CT molecular complexity index is 772. The lowest BCUT2D eigenvalue weighted by atomic mass is 10.1. The van der Waals surface area contributed by atoms with Crippen molar-refractivity contribution >= 4 is 12.2 Å². The lowest BCUT2D eigenvalue weighted by Gasteiger charge is -2.12. The molecule has 122 valence electrons. The van der Waals surface area contributed by atoms with E-state index in [4.69, 9.17) is 21.7 Å². The van der Waals surface area contributed by atoms with Crippen molar-refractivity contribution < 1.29 is 26.8 Å². The van der Waals surface area contributed by atoms with E-state index in [0.717, 1.165) is 0 Å². The second kappa shape index (κ2) is 7.45. The van der Waals surface area contributed by atoms with Crippen LogP contribution in [0, 0.1) is 0 Å². The van der Waals surface area contributed by atoms with Gasteiger partial charge in [-0.2, -0.15) is 0 Å². The Kier molecular flexibility index (Phi) is 4.47. The zero-order valence-electron chi connectivity index (χ0n) is 15.5. The lowest BCUT2D eigenvalue weighted by molar-refractivity contribution is 0.324. The highest BCUT2D eigenvalue weighted by molar-refractivity contribution is 5.73. The van der Waals surface area contributed by atoms with Gasteiger partial charge in [0.2, 0.25) is 5.75 Å². The van der Waals surface area contributed by atoms with Gasteiger partial charge in [0.25, 0.3) is 0 Å². The number of ether oxygens (including phenoxy) is 4. The first-order valence-electron chi connectivity index (χ1n) is 7.82. The SMILES string of the molecule is [2H]c1c(/C=C\c2ccc(OC)c(O)c2)c([2H])c(OC)c(OC)c1OC. The monoisotopic (exact) mass is 318 g/mol. The molecule has 0 unspecified atom stereocenters. The first-order chi connectivity index (χ1) is 12.0. The number of phenolic OH excluding ortho intramolecular Hbond substituents is 1. The van der Waals surface area contributed by atoms with Gasteiger partial charge in [0.15, 0.2) is 23.0 Å². The fourth-order valence-electron chi connectivity index (χ4n) is 2.04. The van der Waals surface area contributed by atoms with Crippen molar-refractivity contribution in [1.82, 2.24) is 0 Å². The molecular formula is C18H20O5. The minimum Gasteiger partial charge on any atom is -0.504 e. The number of phenols is 1. The normalized spacial score (nSPS) is 11.8. The highest BCUT2D eigenvalue weighted by Gasteiger charge is 2.12. The van der Waals surface area contributed by atoms with Gasteiger partial charge in [-0.25, -0.2) is 0 Å². The molecule has 2 rings (SSSR count). The Morgan fingerprint density at radius 3 is 1.87 bits per heavy atom. The van der Waals surface area contributed by atoms with Gasteiger partial charge >= 0.3 is 0 Å². The summed E-state index contributed by atoms with van der Waals surface area (Å²) < 4.78 is 37.3. The van der Waals surface area contributed by atoms with E-state index in [-0.39, 0.29) is 35.1 Å². The Morgan fingerprint density at radius 2 is 1.39 bits per heavy atom. The molecule has 0 spiro atoms. The Labute approximate surface area is 138 Å². The van der Waals surface area contributed by atoms with Crippen LogP contribution in [0.2, 0.25) is 0 Å². The van der Waals surface area contributed by atoms with Crippen molar-refractivity contribution in [2.45, 2.75) is 0 Å². The quantitative estimate of drug-likeness (QED) is 0.825. The molecule has 5 nitrogen and oxygen atoms in total. The minimum absolute atomic E-state index is 0.00624. The number of methoxy groups -OCH3 is 4. The molecule has 0 saturated heterocycles. The molecule has 0 saturated carbocycles. The summed E-state index contributed by atoms with van der Waals surface area (Å²) in [5, 5.41) is 9.84. The molecule has 5 heteroatoms. The summed E-state index contributed by atoms with van der Waals surface area (Å²) >= 11 is 0. The maximum Gasteiger partial charge on any atom is 0.203 e. The second-order valence-electron chi connectivity index (χ2n) is 4.53. The molecule has 2 aromatic rings. The van der Waals surface area contributed by atoms with Crippen LogP contribution in [0.3, 0.4) is 0 Å². The fourth-order valence-corrected chi connectivity index (χ4v) is 2.04. The van der Waals surface area contributed by atoms with Gasteiger partial charge < -0.3 is 24.1 Å². The highest BCUT2D eigenvalue weighted by atomic mass is 16.5. The van der Waals surface area contributed by atoms with E-state index in [0.29, 0.717) is 16.9 Å². The maximum atomic E-state index is 9.84. The Hall–Kier alpha value is -2.82. The summed E-state index contributed by atoms with van der Waals surface area (Å²) in [6, 6.07) is 4.94. The molecule has 23 heavy (non-hydrogen) atoms. The molecule has 1 N–H and O–H groups in total. The van der Waals surface area contributed by atoms with Crippen LogP contribution in [-0.4, -0.2) is 33.5 Å². The van der Waals surface area contributed by atoms with Gasteiger partial charge in [0, 0.05) is 0 Å². The van der Waals surface area contributed by atoms with Gasteiger partial charge in [0.1, 0.15) is 0 Å². The Balaban J connectivity index is 2.54. The van der Waals surface area contributed by atoms with E-state index in [9.17, 15) is 5.11 Å². The van der Waals surface area contributed by atoms with Crippen LogP contribution in [0.1, 0.15) is 13.9 Å². The molecular weight excluding hydrogens is 296 g/mol. The smallest absolute Gasteiger partial charge is 0.203 e. The molecule has 0 aliphatic rings. The van der Waals surface area contributed by atoms with Gasteiger partial charge in [-0.3, -0.25) is 0 Å². The van der Waals surface area contributed by atoms with E-state index in [1.807, 2.05) is 0 Å². The standard InChI is InChI=1S/C18H20O5/c1-20-15-8-7-12(9-14(15)19)5-6-13-10-16(21-2)18(23-4)17(11-13)22-3/h5-11,19H,1-4H3/b6-5-/i10D,11D. The van der Waals surface area contributed by atoms with Crippen molar-refractivity contribution in [1.29, 1.82) is 0 Å². The molecule has 0 fully saturated rings. The van der Waals surface area contributed by atoms with Crippen LogP contribution >= 0.6 is 0 Å². The summed E-state index contributed by atoms with van der Waals surface area (Å²) in [5.74, 6) is 0.957. The summed E-state index contributed by atoms with van der Waals surface area (Å²) in [6.07, 6.45) is 3.27. The molecule has 0 bridgehead atoms. The van der Waals surface area contributed by atoms with E-state index >= 15 is 0 Å². The van der Waals surface area contributed by atoms with Crippen molar-refractivity contribution in [2.24, 2.45) is 0 Å². The van der Waals surface area contributed by atoms with Crippen LogP contribution in [0.4, 0.5) is 0 Å². The van der Waals surface area contributed by atoms with E-state index in [1.54, 1.807) is 24.3 Å². The largest absolute Gasteiger partial charge is 0.504 e. The van der Waals surface area contributed by atoms with Crippen molar-refractivity contribution in [3.8, 4) is 28.7 Å². The van der Waals surface area contributed by atoms with Crippen LogP contribution in [0.25, 0.3) is 12.2 Å². The average Bonchev–Trinajstić information content (AvgIpc) is 2.61. The fraction of sp³-hybridized carbons (Fsp3) is 0.222. The summed E-state index contributed by atoms with van der Waals surface area (Å²) in [6.45, 7) is 0. The van der Waals surface area contributed by atoms with Gasteiger partial charge in [0.05, 0.1) is 31.2 Å². The molecule has 0 radical (unpaired) electrons. The van der Waals surface area contributed by atoms with Crippen LogP contribution in [0.5, 0.6) is 28.7 Å². The Morgan fingerprint density at radius 1 is 0.826 bits per heavy atom.